The van der Waals surface area contributed by atoms with Crippen LogP contribution in [-0.4, -0.2) is 6.04 Å². The van der Waals surface area contributed by atoms with Crippen molar-refractivity contribution in [1.29, 1.82) is 0 Å². The predicted octanol–water partition coefficient (Wildman–Crippen LogP) is 6.10. The van der Waals surface area contributed by atoms with E-state index in [1.54, 1.807) is 6.26 Å². The summed E-state index contributed by atoms with van der Waals surface area (Å²) in [5, 5.41) is 5.53. The van der Waals surface area contributed by atoms with E-state index in [2.05, 4.69) is 26.1 Å². The summed E-state index contributed by atoms with van der Waals surface area (Å²) in [5.41, 5.74) is 0.270. The maximum Gasteiger partial charge on any atom is 0.166 e. The molecular weight excluding hydrogens is 389 g/mol. The number of rotatable bonds is 6. The van der Waals surface area contributed by atoms with Crippen LogP contribution < -0.4 is 15.9 Å². The van der Waals surface area contributed by atoms with Gasteiger partial charge in [-0.3, -0.25) is 5.32 Å². The first-order valence-corrected chi connectivity index (χ1v) is 12.7. The maximum atomic E-state index is 15.0. The fourth-order valence-electron chi connectivity index (χ4n) is 5.26. The molecule has 4 heteroatoms. The van der Waals surface area contributed by atoms with Gasteiger partial charge in [0, 0.05) is 16.7 Å². The van der Waals surface area contributed by atoms with Gasteiger partial charge in [0.25, 0.3) is 0 Å². The smallest absolute Gasteiger partial charge is 0.166 e. The quantitative estimate of drug-likeness (QED) is 0.489. The van der Waals surface area contributed by atoms with Crippen molar-refractivity contribution >= 4 is 17.8 Å². The molecule has 1 aliphatic rings. The van der Waals surface area contributed by atoms with Gasteiger partial charge in [-0.05, 0) is 42.7 Å². The first-order chi connectivity index (χ1) is 14.4. The lowest BCUT2D eigenvalue weighted by Gasteiger charge is -2.41. The molecule has 2 aromatic carbocycles. The van der Waals surface area contributed by atoms with Gasteiger partial charge in [0.15, 0.2) is 7.14 Å². The van der Waals surface area contributed by atoms with Gasteiger partial charge in [0.2, 0.25) is 0 Å². The minimum absolute atomic E-state index is 0.270. The standard InChI is InChI=1S/C26H32NO2P/c1-20-17-21(19-26(2,3)18-20)27-25(24-15-10-16-29-24)30(28,22-11-6-4-7-12-22)23-13-8-5-9-14-23/h4-16,20-21,25,27H,17-19H2,1-3H3/t20-,21-,25+/m0/s1. The Bertz CT molecular complexity index is 939. The molecule has 0 amide bonds. The summed E-state index contributed by atoms with van der Waals surface area (Å²) in [7, 11) is -3.06. The van der Waals surface area contributed by atoms with Crippen LogP contribution in [0.25, 0.3) is 0 Å². The van der Waals surface area contributed by atoms with E-state index in [1.807, 2.05) is 72.8 Å². The summed E-state index contributed by atoms with van der Waals surface area (Å²) in [4.78, 5) is 0. The maximum absolute atomic E-state index is 15.0. The van der Waals surface area contributed by atoms with Crippen LogP contribution in [0.3, 0.4) is 0 Å². The van der Waals surface area contributed by atoms with Crippen molar-refractivity contribution in [1.82, 2.24) is 5.32 Å². The normalized spacial score (nSPS) is 22.5. The summed E-state index contributed by atoms with van der Waals surface area (Å²) in [5.74, 6) is 0.974. The third kappa shape index (κ3) is 4.33. The Morgan fingerprint density at radius 3 is 2.03 bits per heavy atom. The van der Waals surface area contributed by atoms with E-state index in [-0.39, 0.29) is 5.41 Å². The average molecular weight is 422 g/mol. The molecule has 0 bridgehead atoms. The summed E-state index contributed by atoms with van der Waals surface area (Å²) in [6.07, 6.45) is 5.06. The zero-order valence-electron chi connectivity index (χ0n) is 18.1. The topological polar surface area (TPSA) is 42.2 Å². The molecule has 4 rings (SSSR count). The molecule has 1 aliphatic carbocycles. The summed E-state index contributed by atoms with van der Waals surface area (Å²) in [6.45, 7) is 7.01. The van der Waals surface area contributed by atoms with Crippen LogP contribution in [0.15, 0.2) is 83.5 Å². The second-order valence-electron chi connectivity index (χ2n) is 9.52. The lowest BCUT2D eigenvalue weighted by atomic mass is 9.70. The Hall–Kier alpha value is -2.09. The molecule has 0 unspecified atom stereocenters. The van der Waals surface area contributed by atoms with Crippen LogP contribution in [-0.2, 0) is 4.57 Å². The lowest BCUT2D eigenvalue weighted by Crippen LogP contribution is -2.43. The van der Waals surface area contributed by atoms with Gasteiger partial charge in [-0.1, -0.05) is 81.4 Å². The van der Waals surface area contributed by atoms with E-state index in [4.69, 9.17) is 4.42 Å². The molecule has 0 aliphatic heterocycles. The fraction of sp³-hybridized carbons (Fsp3) is 0.385. The highest BCUT2D eigenvalue weighted by Crippen LogP contribution is 2.56. The molecule has 3 nitrogen and oxygen atoms in total. The highest BCUT2D eigenvalue weighted by molar-refractivity contribution is 7.78. The molecule has 0 saturated heterocycles. The molecule has 1 fully saturated rings. The van der Waals surface area contributed by atoms with Gasteiger partial charge >= 0.3 is 0 Å². The zero-order chi connectivity index (χ0) is 21.2. The van der Waals surface area contributed by atoms with Crippen LogP contribution >= 0.6 is 7.14 Å². The van der Waals surface area contributed by atoms with E-state index in [0.717, 1.165) is 29.2 Å². The molecule has 1 heterocycles. The minimum Gasteiger partial charge on any atom is -0.467 e. The van der Waals surface area contributed by atoms with Crippen molar-refractivity contribution < 1.29 is 8.98 Å². The Balaban J connectivity index is 1.81. The number of hydrogen-bond acceptors (Lipinski definition) is 3. The number of furan rings is 1. The lowest BCUT2D eigenvalue weighted by molar-refractivity contribution is 0.148. The van der Waals surface area contributed by atoms with E-state index in [1.165, 1.54) is 6.42 Å². The Morgan fingerprint density at radius 1 is 0.933 bits per heavy atom. The Kier molecular flexibility index (Phi) is 6.04. The van der Waals surface area contributed by atoms with Gasteiger partial charge in [0.1, 0.15) is 11.5 Å². The second kappa shape index (κ2) is 8.57. The van der Waals surface area contributed by atoms with Crippen LogP contribution in [0.4, 0.5) is 0 Å². The van der Waals surface area contributed by atoms with Gasteiger partial charge in [0.05, 0.1) is 6.26 Å². The van der Waals surface area contributed by atoms with E-state index < -0.39 is 12.9 Å². The molecule has 0 spiro atoms. The predicted molar refractivity (Wildman–Crippen MR) is 125 cm³/mol. The Labute approximate surface area is 180 Å². The highest BCUT2D eigenvalue weighted by atomic mass is 31.2. The highest BCUT2D eigenvalue weighted by Gasteiger charge is 2.42. The van der Waals surface area contributed by atoms with E-state index >= 15 is 4.57 Å². The van der Waals surface area contributed by atoms with Crippen molar-refractivity contribution in [2.24, 2.45) is 11.3 Å². The third-order valence-corrected chi connectivity index (χ3v) is 9.50. The first-order valence-electron chi connectivity index (χ1n) is 10.9. The number of benzene rings is 2. The van der Waals surface area contributed by atoms with Crippen LogP contribution in [0, 0.1) is 11.3 Å². The van der Waals surface area contributed by atoms with Gasteiger partial charge in [-0.25, -0.2) is 0 Å². The molecular formula is C26H32NO2P. The summed E-state index contributed by atoms with van der Waals surface area (Å²) < 4.78 is 20.9. The number of nitrogens with one attached hydrogen (secondary N) is 1. The first kappa shape index (κ1) is 21.2. The molecule has 3 atom stereocenters. The Morgan fingerprint density at radius 2 is 1.53 bits per heavy atom. The van der Waals surface area contributed by atoms with Crippen molar-refractivity contribution in [3.8, 4) is 0 Å². The molecule has 158 valence electrons. The van der Waals surface area contributed by atoms with Crippen molar-refractivity contribution in [3.63, 3.8) is 0 Å². The van der Waals surface area contributed by atoms with E-state index in [9.17, 15) is 0 Å². The van der Waals surface area contributed by atoms with Crippen molar-refractivity contribution in [2.45, 2.75) is 51.9 Å². The third-order valence-electron chi connectivity index (χ3n) is 6.24. The monoisotopic (exact) mass is 421 g/mol. The molecule has 1 aromatic heterocycles. The molecule has 30 heavy (non-hydrogen) atoms. The molecule has 3 aromatic rings. The van der Waals surface area contributed by atoms with Crippen LogP contribution in [0.2, 0.25) is 0 Å². The molecule has 0 radical (unpaired) electrons. The SMILES string of the molecule is C[C@H]1C[C@H](N[C@@H](c2ccco2)P(=O)(c2ccccc2)c2ccccc2)CC(C)(C)C1. The zero-order valence-corrected chi connectivity index (χ0v) is 19.0. The average Bonchev–Trinajstić information content (AvgIpc) is 3.26. The van der Waals surface area contributed by atoms with Gasteiger partial charge in [-0.2, -0.15) is 0 Å². The van der Waals surface area contributed by atoms with Crippen molar-refractivity contribution in [3.05, 3.63) is 84.8 Å². The van der Waals surface area contributed by atoms with Gasteiger partial charge < -0.3 is 8.98 Å². The van der Waals surface area contributed by atoms with Crippen LogP contribution in [0.1, 0.15) is 51.6 Å². The minimum atomic E-state index is -3.06. The van der Waals surface area contributed by atoms with E-state index in [0.29, 0.717) is 12.0 Å². The fourth-order valence-corrected chi connectivity index (χ4v) is 8.31. The second-order valence-corrected chi connectivity index (χ2v) is 12.4. The molecule has 1 N–H and O–H groups in total. The summed E-state index contributed by atoms with van der Waals surface area (Å²) >= 11 is 0. The number of hydrogen-bond donors (Lipinski definition) is 1. The molecule has 1 saturated carbocycles. The van der Waals surface area contributed by atoms with Crippen LogP contribution in [0.5, 0.6) is 0 Å². The summed E-state index contributed by atoms with van der Waals surface area (Å²) in [6, 6.07) is 23.9. The van der Waals surface area contributed by atoms with Gasteiger partial charge in [-0.15, -0.1) is 0 Å². The van der Waals surface area contributed by atoms with Crippen molar-refractivity contribution in [2.75, 3.05) is 0 Å². The largest absolute Gasteiger partial charge is 0.467 e.